The Morgan fingerprint density at radius 2 is 2.05 bits per heavy atom. The normalized spacial score (nSPS) is 21.2. The zero-order valence-electron chi connectivity index (χ0n) is 11.9. The van der Waals surface area contributed by atoms with Gasteiger partial charge in [0.2, 0.25) is 0 Å². The molecular formula is C15H20N4S. The van der Waals surface area contributed by atoms with Gasteiger partial charge in [-0.15, -0.1) is 11.3 Å². The zero-order chi connectivity index (χ0) is 14.1. The summed E-state index contributed by atoms with van der Waals surface area (Å²) >= 11 is 1.73. The minimum Gasteiger partial charge on any atom is -0.398 e. The van der Waals surface area contributed by atoms with Gasteiger partial charge in [-0.25, -0.2) is 4.98 Å². The number of likely N-dealkylation sites (N-methyl/N-ethyl adjacent to an activating group) is 2. The summed E-state index contributed by atoms with van der Waals surface area (Å²) in [7, 11) is 4.35. The lowest BCUT2D eigenvalue weighted by Crippen LogP contribution is -2.44. The zero-order valence-corrected chi connectivity index (χ0v) is 12.7. The van der Waals surface area contributed by atoms with Crippen LogP contribution in [-0.2, 0) is 0 Å². The summed E-state index contributed by atoms with van der Waals surface area (Å²) in [5.41, 5.74) is 8.85. The molecule has 0 aliphatic carbocycles. The van der Waals surface area contributed by atoms with Crippen LogP contribution in [0.4, 0.5) is 5.69 Å². The molecule has 2 N–H and O–H groups in total. The van der Waals surface area contributed by atoms with Crippen molar-refractivity contribution in [3.05, 3.63) is 34.7 Å². The number of hydrogen-bond donors (Lipinski definition) is 1. The predicted molar refractivity (Wildman–Crippen MR) is 84.8 cm³/mol. The molecule has 20 heavy (non-hydrogen) atoms. The minimum atomic E-state index is 0.387. The van der Waals surface area contributed by atoms with Gasteiger partial charge in [0, 0.05) is 36.3 Å². The molecule has 0 spiro atoms. The van der Waals surface area contributed by atoms with Gasteiger partial charge in [0.1, 0.15) is 5.01 Å². The Kier molecular flexibility index (Phi) is 3.74. The second kappa shape index (κ2) is 5.52. The summed E-state index contributed by atoms with van der Waals surface area (Å²) < 4.78 is 0. The Morgan fingerprint density at radius 1 is 1.25 bits per heavy atom. The van der Waals surface area contributed by atoms with Crippen molar-refractivity contribution >= 4 is 17.0 Å². The van der Waals surface area contributed by atoms with Gasteiger partial charge in [-0.3, -0.25) is 4.90 Å². The van der Waals surface area contributed by atoms with Crippen LogP contribution in [0.3, 0.4) is 0 Å². The van der Waals surface area contributed by atoms with Crippen LogP contribution in [0, 0.1) is 0 Å². The van der Waals surface area contributed by atoms with E-state index < -0.39 is 0 Å². The van der Waals surface area contributed by atoms with Crippen LogP contribution in [0.25, 0.3) is 11.3 Å². The van der Waals surface area contributed by atoms with Gasteiger partial charge in [0.25, 0.3) is 0 Å². The van der Waals surface area contributed by atoms with Crippen LogP contribution in [0.2, 0.25) is 0 Å². The third-order valence-electron chi connectivity index (χ3n) is 3.89. The minimum absolute atomic E-state index is 0.387. The van der Waals surface area contributed by atoms with Crippen molar-refractivity contribution < 1.29 is 0 Å². The molecule has 0 radical (unpaired) electrons. The summed E-state index contributed by atoms with van der Waals surface area (Å²) in [5, 5.41) is 3.29. The van der Waals surface area contributed by atoms with Crippen molar-refractivity contribution in [2.45, 2.75) is 6.04 Å². The maximum Gasteiger partial charge on any atom is 0.112 e. The Morgan fingerprint density at radius 3 is 2.85 bits per heavy atom. The van der Waals surface area contributed by atoms with Crippen molar-refractivity contribution in [3.8, 4) is 11.3 Å². The number of para-hydroxylation sites is 1. The molecule has 1 aliphatic rings. The number of rotatable bonds is 2. The average molecular weight is 288 g/mol. The lowest BCUT2D eigenvalue weighted by molar-refractivity contribution is 0.115. The number of nitrogens with zero attached hydrogens (tertiary/aromatic N) is 3. The molecule has 1 aromatic heterocycles. The number of benzene rings is 1. The maximum absolute atomic E-state index is 6.04. The first-order valence-corrected chi connectivity index (χ1v) is 7.72. The van der Waals surface area contributed by atoms with E-state index in [4.69, 9.17) is 10.7 Å². The highest BCUT2D eigenvalue weighted by atomic mass is 32.1. The highest BCUT2D eigenvalue weighted by Crippen LogP contribution is 2.32. The van der Waals surface area contributed by atoms with Crippen LogP contribution in [0.1, 0.15) is 11.0 Å². The first-order chi connectivity index (χ1) is 9.65. The highest BCUT2D eigenvalue weighted by Gasteiger charge is 2.26. The van der Waals surface area contributed by atoms with Crippen LogP contribution in [0.15, 0.2) is 29.6 Å². The summed E-state index contributed by atoms with van der Waals surface area (Å²) in [6.07, 6.45) is 0. The molecule has 2 heterocycles. The lowest BCUT2D eigenvalue weighted by atomic mass is 10.1. The van der Waals surface area contributed by atoms with Crippen LogP contribution < -0.4 is 5.73 Å². The fourth-order valence-corrected chi connectivity index (χ4v) is 3.55. The van der Waals surface area contributed by atoms with Gasteiger partial charge in [0.05, 0.1) is 11.7 Å². The molecule has 0 amide bonds. The molecule has 1 fully saturated rings. The van der Waals surface area contributed by atoms with Crippen molar-refractivity contribution in [3.63, 3.8) is 0 Å². The molecule has 1 atom stereocenters. The molecule has 3 rings (SSSR count). The summed E-state index contributed by atoms with van der Waals surface area (Å²) in [6, 6.07) is 8.30. The number of piperazine rings is 1. The number of aromatic nitrogens is 1. The van der Waals surface area contributed by atoms with E-state index in [9.17, 15) is 0 Å². The van der Waals surface area contributed by atoms with Crippen LogP contribution in [0.5, 0.6) is 0 Å². The third-order valence-corrected chi connectivity index (χ3v) is 4.84. The Balaban J connectivity index is 1.88. The monoisotopic (exact) mass is 288 g/mol. The maximum atomic E-state index is 6.04. The van der Waals surface area contributed by atoms with Crippen LogP contribution >= 0.6 is 11.3 Å². The molecule has 1 saturated heterocycles. The summed E-state index contributed by atoms with van der Waals surface area (Å²) in [6.45, 7) is 3.24. The number of nitrogens with two attached hydrogens (primary N) is 1. The highest BCUT2D eigenvalue weighted by molar-refractivity contribution is 7.10. The number of thiazole rings is 1. The standard InChI is InChI=1S/C15H20N4S/c1-18-7-8-19(2)14(9-18)15-17-13(10-20-15)11-5-3-4-6-12(11)16/h3-6,10,14H,7-9,16H2,1-2H3. The van der Waals surface area contributed by atoms with E-state index in [1.54, 1.807) is 11.3 Å². The molecule has 1 aromatic carbocycles. The Bertz CT molecular complexity index is 595. The molecule has 1 unspecified atom stereocenters. The van der Waals surface area contributed by atoms with Gasteiger partial charge < -0.3 is 10.6 Å². The molecule has 1 aliphatic heterocycles. The summed E-state index contributed by atoms with van der Waals surface area (Å²) in [4.78, 5) is 9.57. The predicted octanol–water partition coefficient (Wildman–Crippen LogP) is 2.31. The van der Waals surface area contributed by atoms with Gasteiger partial charge in [-0.1, -0.05) is 18.2 Å². The average Bonchev–Trinajstić information content (AvgIpc) is 2.91. The topological polar surface area (TPSA) is 45.4 Å². The largest absolute Gasteiger partial charge is 0.398 e. The smallest absolute Gasteiger partial charge is 0.112 e. The van der Waals surface area contributed by atoms with Gasteiger partial charge in [-0.05, 0) is 20.2 Å². The molecule has 0 saturated carbocycles. The quantitative estimate of drug-likeness (QED) is 0.861. The van der Waals surface area contributed by atoms with E-state index in [0.717, 1.165) is 36.6 Å². The van der Waals surface area contributed by atoms with Crippen molar-refractivity contribution in [2.24, 2.45) is 0 Å². The van der Waals surface area contributed by atoms with Crippen LogP contribution in [-0.4, -0.2) is 48.5 Å². The van der Waals surface area contributed by atoms with Crippen molar-refractivity contribution in [1.29, 1.82) is 0 Å². The van der Waals surface area contributed by atoms with E-state index >= 15 is 0 Å². The third kappa shape index (κ3) is 2.57. The molecular weight excluding hydrogens is 268 g/mol. The van der Waals surface area contributed by atoms with E-state index in [1.165, 1.54) is 5.01 Å². The second-order valence-corrected chi connectivity index (χ2v) is 6.31. The van der Waals surface area contributed by atoms with E-state index in [2.05, 4.69) is 29.3 Å². The first-order valence-electron chi connectivity index (χ1n) is 6.84. The molecule has 4 nitrogen and oxygen atoms in total. The van der Waals surface area contributed by atoms with Crippen molar-refractivity contribution in [2.75, 3.05) is 39.5 Å². The number of anilines is 1. The Labute approximate surface area is 123 Å². The fraction of sp³-hybridized carbons (Fsp3) is 0.400. The van der Waals surface area contributed by atoms with E-state index in [1.807, 2.05) is 24.3 Å². The molecule has 5 heteroatoms. The fourth-order valence-electron chi connectivity index (χ4n) is 2.57. The molecule has 0 bridgehead atoms. The SMILES string of the molecule is CN1CCN(C)C(c2nc(-c3ccccc3N)cs2)C1. The van der Waals surface area contributed by atoms with Gasteiger partial charge >= 0.3 is 0 Å². The van der Waals surface area contributed by atoms with Gasteiger partial charge in [-0.2, -0.15) is 0 Å². The van der Waals surface area contributed by atoms with Gasteiger partial charge in [0.15, 0.2) is 0 Å². The molecule has 2 aromatic rings. The lowest BCUT2D eigenvalue weighted by Gasteiger charge is -2.36. The molecule has 106 valence electrons. The van der Waals surface area contributed by atoms with Crippen molar-refractivity contribution in [1.82, 2.24) is 14.8 Å². The Hall–Kier alpha value is -1.43. The van der Waals surface area contributed by atoms with E-state index in [0.29, 0.717) is 6.04 Å². The second-order valence-electron chi connectivity index (χ2n) is 5.42. The first kappa shape index (κ1) is 13.5. The summed E-state index contributed by atoms with van der Waals surface area (Å²) in [5.74, 6) is 0. The number of hydrogen-bond acceptors (Lipinski definition) is 5. The van der Waals surface area contributed by atoms with E-state index in [-0.39, 0.29) is 0 Å². The number of nitrogen functional groups attached to an aromatic ring is 1.